The molecule has 1 aromatic heterocycles. The molecule has 2 rings (SSSR count). The molecular formula is C12H21N5O. The highest BCUT2D eigenvalue weighted by molar-refractivity contribution is 5.75. The van der Waals surface area contributed by atoms with Crippen LogP contribution in [0.5, 0.6) is 0 Å². The van der Waals surface area contributed by atoms with Gasteiger partial charge in [-0.15, -0.1) is 10.2 Å². The average Bonchev–Trinajstić information content (AvgIpc) is 2.96. The normalized spacial score (nSPS) is 20.2. The van der Waals surface area contributed by atoms with E-state index < -0.39 is 0 Å². The van der Waals surface area contributed by atoms with Gasteiger partial charge in [0.2, 0.25) is 5.91 Å². The number of hydrogen-bond acceptors (Lipinski definition) is 4. The summed E-state index contributed by atoms with van der Waals surface area (Å²) in [6.45, 7) is 6.00. The van der Waals surface area contributed by atoms with Crippen LogP contribution < -0.4 is 5.32 Å². The zero-order chi connectivity index (χ0) is 13.0. The minimum atomic E-state index is 0.150. The van der Waals surface area contributed by atoms with Crippen LogP contribution in [0.15, 0.2) is 6.33 Å². The molecule has 1 aromatic rings. The van der Waals surface area contributed by atoms with Crippen molar-refractivity contribution < 1.29 is 4.79 Å². The van der Waals surface area contributed by atoms with E-state index in [4.69, 9.17) is 0 Å². The number of carbonyl (C=O) groups is 1. The van der Waals surface area contributed by atoms with Crippen LogP contribution in [0.2, 0.25) is 0 Å². The van der Waals surface area contributed by atoms with E-state index in [1.807, 2.05) is 6.92 Å². The van der Waals surface area contributed by atoms with Gasteiger partial charge < -0.3 is 14.8 Å². The van der Waals surface area contributed by atoms with E-state index in [2.05, 4.69) is 25.0 Å². The molecule has 100 valence electrons. The lowest BCUT2D eigenvalue weighted by Gasteiger charge is -2.16. The Kier molecular flexibility index (Phi) is 4.30. The van der Waals surface area contributed by atoms with Crippen molar-refractivity contribution >= 4 is 5.91 Å². The summed E-state index contributed by atoms with van der Waals surface area (Å²) in [6.07, 6.45) is 3.54. The van der Waals surface area contributed by atoms with Gasteiger partial charge in [-0.1, -0.05) is 0 Å². The fourth-order valence-corrected chi connectivity index (χ4v) is 2.43. The molecule has 0 radical (unpaired) electrons. The van der Waals surface area contributed by atoms with Crippen molar-refractivity contribution in [3.63, 3.8) is 0 Å². The number of amides is 1. The summed E-state index contributed by atoms with van der Waals surface area (Å²) >= 11 is 0. The van der Waals surface area contributed by atoms with Gasteiger partial charge >= 0.3 is 0 Å². The lowest BCUT2D eigenvalue weighted by molar-refractivity contribution is -0.121. The number of likely N-dealkylation sites (tertiary alicyclic amines) is 1. The SMILES string of the molecule is CNC(=O)CC1CCN(CCn2cnnc2C)C1. The van der Waals surface area contributed by atoms with Crippen LogP contribution in [0, 0.1) is 12.8 Å². The van der Waals surface area contributed by atoms with Crippen LogP contribution in [-0.2, 0) is 11.3 Å². The minimum absolute atomic E-state index is 0.150. The van der Waals surface area contributed by atoms with Crippen LogP contribution in [0.1, 0.15) is 18.7 Å². The zero-order valence-electron chi connectivity index (χ0n) is 11.1. The van der Waals surface area contributed by atoms with Crippen LogP contribution in [-0.4, -0.2) is 52.3 Å². The van der Waals surface area contributed by atoms with E-state index in [-0.39, 0.29) is 5.91 Å². The summed E-state index contributed by atoms with van der Waals surface area (Å²) in [7, 11) is 1.70. The Hall–Kier alpha value is -1.43. The number of nitrogens with zero attached hydrogens (tertiary/aromatic N) is 4. The second kappa shape index (κ2) is 5.95. The van der Waals surface area contributed by atoms with E-state index in [1.165, 1.54) is 0 Å². The summed E-state index contributed by atoms with van der Waals surface area (Å²) < 4.78 is 2.06. The van der Waals surface area contributed by atoms with Gasteiger partial charge in [0.1, 0.15) is 12.2 Å². The van der Waals surface area contributed by atoms with Crippen molar-refractivity contribution in [2.24, 2.45) is 5.92 Å². The number of aryl methyl sites for hydroxylation is 1. The largest absolute Gasteiger partial charge is 0.359 e. The van der Waals surface area contributed by atoms with Gasteiger partial charge in [0.05, 0.1) is 0 Å². The molecule has 0 saturated carbocycles. The maximum absolute atomic E-state index is 11.3. The maximum atomic E-state index is 11.3. The highest BCUT2D eigenvalue weighted by atomic mass is 16.1. The summed E-state index contributed by atoms with van der Waals surface area (Å²) in [4.78, 5) is 13.7. The van der Waals surface area contributed by atoms with Gasteiger partial charge in [0, 0.05) is 33.1 Å². The van der Waals surface area contributed by atoms with Crippen molar-refractivity contribution in [1.82, 2.24) is 25.0 Å². The molecule has 0 spiro atoms. The third-order valence-electron chi connectivity index (χ3n) is 3.59. The Morgan fingerprint density at radius 3 is 3.06 bits per heavy atom. The Labute approximate surface area is 107 Å². The second-order valence-electron chi connectivity index (χ2n) is 4.90. The van der Waals surface area contributed by atoms with E-state index in [9.17, 15) is 4.79 Å². The summed E-state index contributed by atoms with van der Waals surface area (Å²) in [5, 5.41) is 10.5. The Bertz CT molecular complexity index is 403. The van der Waals surface area contributed by atoms with Gasteiger partial charge in [-0.2, -0.15) is 0 Å². The maximum Gasteiger partial charge on any atom is 0.220 e. The average molecular weight is 251 g/mol. The molecule has 1 aliphatic heterocycles. The van der Waals surface area contributed by atoms with Crippen molar-refractivity contribution in [3.05, 3.63) is 12.2 Å². The number of rotatable bonds is 5. The molecule has 0 aliphatic carbocycles. The standard InChI is InChI=1S/C12H21N5O/c1-10-15-14-9-17(10)6-5-16-4-3-11(8-16)7-12(18)13-2/h9,11H,3-8H2,1-2H3,(H,13,18). The molecular weight excluding hydrogens is 230 g/mol. The number of carbonyl (C=O) groups excluding carboxylic acids is 1. The molecule has 0 bridgehead atoms. The molecule has 1 saturated heterocycles. The Balaban J connectivity index is 1.73. The minimum Gasteiger partial charge on any atom is -0.359 e. The molecule has 1 N–H and O–H groups in total. The van der Waals surface area contributed by atoms with Crippen LogP contribution >= 0.6 is 0 Å². The smallest absolute Gasteiger partial charge is 0.220 e. The quantitative estimate of drug-likeness (QED) is 0.803. The van der Waals surface area contributed by atoms with E-state index in [0.29, 0.717) is 12.3 Å². The van der Waals surface area contributed by atoms with Gasteiger partial charge in [0.15, 0.2) is 0 Å². The summed E-state index contributed by atoms with van der Waals surface area (Å²) in [5.41, 5.74) is 0. The first-order valence-corrected chi connectivity index (χ1v) is 6.46. The third-order valence-corrected chi connectivity index (χ3v) is 3.59. The zero-order valence-corrected chi connectivity index (χ0v) is 11.1. The first kappa shape index (κ1) is 13.0. The topological polar surface area (TPSA) is 63.1 Å². The predicted octanol–water partition coefficient (Wildman–Crippen LogP) is 0.0445. The summed E-state index contributed by atoms with van der Waals surface area (Å²) in [5.74, 6) is 1.61. The van der Waals surface area contributed by atoms with Gasteiger partial charge in [-0.05, 0) is 25.8 Å². The highest BCUT2D eigenvalue weighted by Gasteiger charge is 2.23. The predicted molar refractivity (Wildman–Crippen MR) is 68.0 cm³/mol. The van der Waals surface area contributed by atoms with Crippen molar-refractivity contribution in [2.45, 2.75) is 26.3 Å². The first-order chi connectivity index (χ1) is 8.69. The Morgan fingerprint density at radius 2 is 2.39 bits per heavy atom. The molecule has 18 heavy (non-hydrogen) atoms. The molecule has 1 fully saturated rings. The molecule has 6 nitrogen and oxygen atoms in total. The summed E-state index contributed by atoms with van der Waals surface area (Å²) in [6, 6.07) is 0. The van der Waals surface area contributed by atoms with Crippen molar-refractivity contribution in [2.75, 3.05) is 26.7 Å². The number of aromatic nitrogens is 3. The van der Waals surface area contributed by atoms with E-state index in [1.54, 1.807) is 13.4 Å². The fourth-order valence-electron chi connectivity index (χ4n) is 2.43. The van der Waals surface area contributed by atoms with E-state index >= 15 is 0 Å². The molecule has 1 unspecified atom stereocenters. The molecule has 2 heterocycles. The number of nitrogens with one attached hydrogen (secondary N) is 1. The van der Waals surface area contributed by atoms with Gasteiger partial charge in [-0.3, -0.25) is 4.79 Å². The van der Waals surface area contributed by atoms with Crippen molar-refractivity contribution in [3.8, 4) is 0 Å². The van der Waals surface area contributed by atoms with Gasteiger partial charge in [0.25, 0.3) is 0 Å². The lowest BCUT2D eigenvalue weighted by atomic mass is 10.1. The molecule has 1 atom stereocenters. The van der Waals surface area contributed by atoms with Gasteiger partial charge in [-0.25, -0.2) is 0 Å². The monoisotopic (exact) mass is 251 g/mol. The molecule has 1 aliphatic rings. The van der Waals surface area contributed by atoms with Crippen LogP contribution in [0.4, 0.5) is 0 Å². The fraction of sp³-hybridized carbons (Fsp3) is 0.750. The number of hydrogen-bond donors (Lipinski definition) is 1. The lowest BCUT2D eigenvalue weighted by Crippen LogP contribution is -2.27. The van der Waals surface area contributed by atoms with E-state index in [0.717, 1.165) is 38.4 Å². The molecule has 0 aromatic carbocycles. The third kappa shape index (κ3) is 3.29. The first-order valence-electron chi connectivity index (χ1n) is 6.46. The Morgan fingerprint density at radius 1 is 1.56 bits per heavy atom. The highest BCUT2D eigenvalue weighted by Crippen LogP contribution is 2.19. The second-order valence-corrected chi connectivity index (χ2v) is 4.90. The van der Waals surface area contributed by atoms with Crippen LogP contribution in [0.3, 0.4) is 0 Å². The molecule has 1 amide bonds. The van der Waals surface area contributed by atoms with Crippen molar-refractivity contribution in [1.29, 1.82) is 0 Å². The molecule has 6 heteroatoms. The van der Waals surface area contributed by atoms with Crippen LogP contribution in [0.25, 0.3) is 0 Å².